The number of hydrogen-bond acceptors (Lipinski definition) is 3. The summed E-state index contributed by atoms with van der Waals surface area (Å²) in [6.45, 7) is 3.88. The Hall–Kier alpha value is -2.00. The second kappa shape index (κ2) is 7.56. The first-order chi connectivity index (χ1) is 9.83. The van der Waals surface area contributed by atoms with Crippen molar-refractivity contribution in [3.63, 3.8) is 0 Å². The van der Waals surface area contributed by atoms with Crippen molar-refractivity contribution >= 4 is 0 Å². The van der Waals surface area contributed by atoms with Crippen LogP contribution in [0.15, 0.2) is 48.5 Å². The van der Waals surface area contributed by atoms with E-state index in [0.717, 1.165) is 29.0 Å². The molecule has 0 heterocycles. The molecule has 2 aromatic rings. The molecule has 0 aliphatic rings. The average molecular weight is 271 g/mol. The third-order valence-electron chi connectivity index (χ3n) is 2.96. The van der Waals surface area contributed by atoms with Gasteiger partial charge in [0.2, 0.25) is 0 Å². The van der Waals surface area contributed by atoms with Crippen LogP contribution in [0.1, 0.15) is 24.5 Å². The van der Waals surface area contributed by atoms with Crippen LogP contribution in [0.25, 0.3) is 0 Å². The van der Waals surface area contributed by atoms with Crippen LogP contribution in [0.3, 0.4) is 0 Å². The van der Waals surface area contributed by atoms with Crippen molar-refractivity contribution in [1.82, 2.24) is 0 Å². The predicted octanol–water partition coefficient (Wildman–Crippen LogP) is 3.51. The molecule has 0 bridgehead atoms. The smallest absolute Gasteiger partial charge is 0.161 e. The molecule has 2 rings (SSSR count). The molecule has 0 spiro atoms. The quantitative estimate of drug-likeness (QED) is 0.838. The Kier molecular flexibility index (Phi) is 5.44. The molecule has 3 heteroatoms. The van der Waals surface area contributed by atoms with Gasteiger partial charge in [0.1, 0.15) is 6.61 Å². The van der Waals surface area contributed by atoms with Crippen molar-refractivity contribution in [2.45, 2.75) is 26.5 Å². The van der Waals surface area contributed by atoms with Gasteiger partial charge in [-0.3, -0.25) is 0 Å². The van der Waals surface area contributed by atoms with Crippen LogP contribution in [0.2, 0.25) is 0 Å². The summed E-state index contributed by atoms with van der Waals surface area (Å²) < 4.78 is 11.5. The van der Waals surface area contributed by atoms with Crippen molar-refractivity contribution in [1.29, 1.82) is 0 Å². The number of ether oxygens (including phenoxy) is 2. The van der Waals surface area contributed by atoms with Crippen LogP contribution in [-0.4, -0.2) is 6.61 Å². The second-order valence-corrected chi connectivity index (χ2v) is 4.60. The Morgan fingerprint density at radius 1 is 0.850 bits per heavy atom. The Labute approximate surface area is 120 Å². The lowest BCUT2D eigenvalue weighted by Crippen LogP contribution is -2.01. The maximum absolute atomic E-state index is 5.84. The Morgan fingerprint density at radius 3 is 2.05 bits per heavy atom. The van der Waals surface area contributed by atoms with E-state index in [1.807, 2.05) is 48.5 Å². The van der Waals surface area contributed by atoms with E-state index in [2.05, 4.69) is 6.92 Å². The lowest BCUT2D eigenvalue weighted by Gasteiger charge is -2.12. The predicted molar refractivity (Wildman–Crippen MR) is 80.9 cm³/mol. The van der Waals surface area contributed by atoms with Crippen LogP contribution in [0, 0.1) is 0 Å². The van der Waals surface area contributed by atoms with E-state index in [4.69, 9.17) is 15.2 Å². The summed E-state index contributed by atoms with van der Waals surface area (Å²) in [4.78, 5) is 0. The zero-order chi connectivity index (χ0) is 14.2. The summed E-state index contributed by atoms with van der Waals surface area (Å²) in [6, 6.07) is 15.9. The van der Waals surface area contributed by atoms with E-state index in [0.29, 0.717) is 19.8 Å². The van der Waals surface area contributed by atoms with Gasteiger partial charge in [-0.1, -0.05) is 43.3 Å². The molecule has 2 aromatic carbocycles. The average Bonchev–Trinajstić information content (AvgIpc) is 2.52. The molecule has 0 unspecified atom stereocenters. The Bertz CT molecular complexity index is 523. The van der Waals surface area contributed by atoms with Crippen molar-refractivity contribution in [2.75, 3.05) is 6.61 Å². The lowest BCUT2D eigenvalue weighted by molar-refractivity contribution is 0.262. The number of hydrogen-bond donors (Lipinski definition) is 1. The molecule has 0 aliphatic heterocycles. The summed E-state index contributed by atoms with van der Waals surface area (Å²) in [6.07, 6.45) is 0.981. The van der Waals surface area contributed by atoms with Crippen molar-refractivity contribution in [2.24, 2.45) is 5.73 Å². The van der Waals surface area contributed by atoms with Gasteiger partial charge in [-0.2, -0.15) is 0 Å². The third-order valence-corrected chi connectivity index (χ3v) is 2.96. The van der Waals surface area contributed by atoms with E-state index in [1.165, 1.54) is 0 Å². The normalized spacial score (nSPS) is 10.3. The highest BCUT2D eigenvalue weighted by atomic mass is 16.5. The van der Waals surface area contributed by atoms with Crippen LogP contribution in [0.5, 0.6) is 11.5 Å². The summed E-state index contributed by atoms with van der Waals surface area (Å²) in [5.74, 6) is 1.58. The maximum Gasteiger partial charge on any atom is 0.161 e. The summed E-state index contributed by atoms with van der Waals surface area (Å²) in [5.41, 5.74) is 7.83. The molecule has 106 valence electrons. The topological polar surface area (TPSA) is 44.5 Å². The first-order valence-corrected chi connectivity index (χ1v) is 6.96. The van der Waals surface area contributed by atoms with Gasteiger partial charge < -0.3 is 15.2 Å². The van der Waals surface area contributed by atoms with E-state index in [1.54, 1.807) is 0 Å². The fourth-order valence-electron chi connectivity index (χ4n) is 1.83. The summed E-state index contributed by atoms with van der Waals surface area (Å²) >= 11 is 0. The number of para-hydroxylation sites is 2. The maximum atomic E-state index is 5.84. The van der Waals surface area contributed by atoms with Gasteiger partial charge in [0.15, 0.2) is 11.5 Å². The molecular weight excluding hydrogens is 250 g/mol. The van der Waals surface area contributed by atoms with Crippen LogP contribution < -0.4 is 15.2 Å². The number of benzene rings is 2. The summed E-state index contributed by atoms with van der Waals surface area (Å²) in [5, 5.41) is 0. The van der Waals surface area contributed by atoms with Crippen molar-refractivity contribution in [3.8, 4) is 11.5 Å². The molecular formula is C17H21NO2. The fourth-order valence-corrected chi connectivity index (χ4v) is 1.83. The second-order valence-electron chi connectivity index (χ2n) is 4.60. The monoisotopic (exact) mass is 271 g/mol. The van der Waals surface area contributed by atoms with E-state index in [-0.39, 0.29) is 0 Å². The minimum absolute atomic E-state index is 0.525. The van der Waals surface area contributed by atoms with Crippen LogP contribution in [0.4, 0.5) is 0 Å². The molecule has 3 nitrogen and oxygen atoms in total. The Balaban J connectivity index is 1.98. The van der Waals surface area contributed by atoms with Crippen molar-refractivity contribution in [3.05, 3.63) is 59.7 Å². The van der Waals surface area contributed by atoms with Gasteiger partial charge in [-0.05, 0) is 29.7 Å². The van der Waals surface area contributed by atoms with Gasteiger partial charge in [0.25, 0.3) is 0 Å². The highest BCUT2D eigenvalue weighted by molar-refractivity contribution is 5.39. The van der Waals surface area contributed by atoms with Gasteiger partial charge >= 0.3 is 0 Å². The first kappa shape index (κ1) is 14.4. The fraction of sp³-hybridized carbons (Fsp3) is 0.294. The molecule has 0 amide bonds. The van der Waals surface area contributed by atoms with Gasteiger partial charge in [0.05, 0.1) is 6.61 Å². The van der Waals surface area contributed by atoms with E-state index < -0.39 is 0 Å². The molecule has 20 heavy (non-hydrogen) atoms. The van der Waals surface area contributed by atoms with E-state index in [9.17, 15) is 0 Å². The van der Waals surface area contributed by atoms with Gasteiger partial charge in [-0.15, -0.1) is 0 Å². The van der Waals surface area contributed by atoms with E-state index >= 15 is 0 Å². The van der Waals surface area contributed by atoms with Crippen LogP contribution in [-0.2, 0) is 13.2 Å². The highest BCUT2D eigenvalue weighted by Crippen LogP contribution is 2.27. The largest absolute Gasteiger partial charge is 0.490 e. The molecule has 0 aliphatic carbocycles. The zero-order valence-corrected chi connectivity index (χ0v) is 11.8. The summed E-state index contributed by atoms with van der Waals surface area (Å²) in [7, 11) is 0. The van der Waals surface area contributed by atoms with Crippen LogP contribution >= 0.6 is 0 Å². The Morgan fingerprint density at radius 2 is 1.45 bits per heavy atom. The number of rotatable bonds is 7. The molecule has 0 aromatic heterocycles. The van der Waals surface area contributed by atoms with Gasteiger partial charge in [0, 0.05) is 6.54 Å². The standard InChI is InChI=1S/C17H21NO2/c1-2-11-19-16-5-3-4-6-17(16)20-13-15-9-7-14(12-18)8-10-15/h3-10H,2,11-13,18H2,1H3. The molecule has 0 saturated heterocycles. The SMILES string of the molecule is CCCOc1ccccc1OCc1ccc(CN)cc1. The molecule has 2 N–H and O–H groups in total. The minimum atomic E-state index is 0.525. The lowest BCUT2D eigenvalue weighted by atomic mass is 10.1. The zero-order valence-electron chi connectivity index (χ0n) is 11.8. The minimum Gasteiger partial charge on any atom is -0.490 e. The molecule has 0 atom stereocenters. The third kappa shape index (κ3) is 4.00. The molecule has 0 saturated carbocycles. The highest BCUT2D eigenvalue weighted by Gasteiger charge is 2.04. The number of nitrogens with two attached hydrogens (primary N) is 1. The van der Waals surface area contributed by atoms with Gasteiger partial charge in [-0.25, -0.2) is 0 Å². The first-order valence-electron chi connectivity index (χ1n) is 6.96. The molecule has 0 radical (unpaired) electrons. The van der Waals surface area contributed by atoms with Crippen molar-refractivity contribution < 1.29 is 9.47 Å². The molecule has 0 fully saturated rings.